The first-order chi connectivity index (χ1) is 10.3. The van der Waals surface area contributed by atoms with Crippen LogP contribution in [0.4, 0.5) is 5.82 Å². The second-order valence-corrected chi connectivity index (χ2v) is 6.23. The molecule has 1 aliphatic rings. The summed E-state index contributed by atoms with van der Waals surface area (Å²) in [6.07, 6.45) is 0.777. The Balaban J connectivity index is 2.28. The zero-order chi connectivity index (χ0) is 16.5. The molecule has 1 aliphatic heterocycles. The van der Waals surface area contributed by atoms with Gasteiger partial charge in [0.15, 0.2) is 0 Å². The first-order valence-corrected chi connectivity index (χ1v) is 7.80. The summed E-state index contributed by atoms with van der Waals surface area (Å²) in [6.45, 7) is 8.57. The average Bonchev–Trinajstić information content (AvgIpc) is 2.45. The van der Waals surface area contributed by atoms with Crippen LogP contribution in [-0.4, -0.2) is 45.3 Å². The van der Waals surface area contributed by atoms with E-state index in [0.29, 0.717) is 31.8 Å². The Morgan fingerprint density at radius 3 is 2.59 bits per heavy atom. The molecule has 1 saturated heterocycles. The molecule has 122 valence electrons. The number of piperidine rings is 1. The van der Waals surface area contributed by atoms with Gasteiger partial charge in [-0.05, 0) is 33.6 Å². The van der Waals surface area contributed by atoms with E-state index in [1.54, 1.807) is 0 Å². The molecule has 1 aromatic heterocycles. The number of anilines is 1. The number of aliphatic hydroxyl groups excluding tert-OH is 1. The molecular formula is C16H25N3O3. The standard InChI is InChI=1S/C16H25N3O3/c1-5-6-16(15(21)22)7-8-19(9-13(16)20)14-10(2)11(3)17-12(4)18-14/h13,20H,5-9H2,1-4H3,(H,21,22)/t13-,16-/m0/s1. The Morgan fingerprint density at radius 2 is 2.05 bits per heavy atom. The fraction of sp³-hybridized carbons (Fsp3) is 0.688. The van der Waals surface area contributed by atoms with Gasteiger partial charge >= 0.3 is 5.97 Å². The first kappa shape index (κ1) is 16.7. The minimum absolute atomic E-state index is 0.295. The zero-order valence-electron chi connectivity index (χ0n) is 13.8. The summed E-state index contributed by atoms with van der Waals surface area (Å²) in [5.41, 5.74) is 0.868. The van der Waals surface area contributed by atoms with E-state index in [9.17, 15) is 15.0 Å². The number of aromatic nitrogens is 2. The van der Waals surface area contributed by atoms with Crippen molar-refractivity contribution in [3.63, 3.8) is 0 Å². The molecule has 2 N–H and O–H groups in total. The fourth-order valence-corrected chi connectivity index (χ4v) is 3.32. The van der Waals surface area contributed by atoms with E-state index in [-0.39, 0.29) is 0 Å². The highest BCUT2D eigenvalue weighted by Gasteiger charge is 2.48. The van der Waals surface area contributed by atoms with Crippen molar-refractivity contribution in [3.05, 3.63) is 17.1 Å². The second kappa shape index (κ2) is 6.20. The zero-order valence-corrected chi connectivity index (χ0v) is 13.8. The summed E-state index contributed by atoms with van der Waals surface area (Å²) in [5.74, 6) is 0.601. The van der Waals surface area contributed by atoms with Crippen molar-refractivity contribution < 1.29 is 15.0 Å². The number of carbonyl (C=O) groups is 1. The summed E-state index contributed by atoms with van der Waals surface area (Å²) in [6, 6.07) is 0. The Kier molecular flexibility index (Phi) is 4.70. The number of aryl methyl sites for hydroxylation is 2. The normalized spacial score (nSPS) is 25.3. The molecule has 0 spiro atoms. The molecule has 0 amide bonds. The lowest BCUT2D eigenvalue weighted by Crippen LogP contribution is -2.55. The van der Waals surface area contributed by atoms with Gasteiger partial charge in [-0.1, -0.05) is 13.3 Å². The second-order valence-electron chi connectivity index (χ2n) is 6.23. The SMILES string of the molecule is CCC[C@]1(C(=O)O)CCN(c2nc(C)nc(C)c2C)C[C@@H]1O. The van der Waals surface area contributed by atoms with Gasteiger partial charge < -0.3 is 15.1 Å². The number of hydrogen-bond donors (Lipinski definition) is 2. The van der Waals surface area contributed by atoms with Crippen LogP contribution in [0.5, 0.6) is 0 Å². The monoisotopic (exact) mass is 307 g/mol. The van der Waals surface area contributed by atoms with Crippen LogP contribution in [0.25, 0.3) is 0 Å². The maximum absolute atomic E-state index is 11.7. The number of aliphatic carboxylic acids is 1. The Bertz CT molecular complexity index is 576. The molecule has 2 rings (SSSR count). The van der Waals surface area contributed by atoms with Crippen molar-refractivity contribution in [2.75, 3.05) is 18.0 Å². The number of hydrogen-bond acceptors (Lipinski definition) is 5. The third-order valence-electron chi connectivity index (χ3n) is 4.76. The number of nitrogens with zero attached hydrogens (tertiary/aromatic N) is 3. The van der Waals surface area contributed by atoms with Crippen LogP contribution in [-0.2, 0) is 4.79 Å². The highest BCUT2D eigenvalue weighted by atomic mass is 16.4. The molecule has 2 heterocycles. The lowest BCUT2D eigenvalue weighted by Gasteiger charge is -2.43. The minimum atomic E-state index is -1.03. The van der Waals surface area contributed by atoms with Crippen molar-refractivity contribution in [3.8, 4) is 0 Å². The Labute approximate surface area is 131 Å². The molecule has 0 aliphatic carbocycles. The van der Waals surface area contributed by atoms with Crippen LogP contribution >= 0.6 is 0 Å². The van der Waals surface area contributed by atoms with Gasteiger partial charge in [-0.15, -0.1) is 0 Å². The number of aliphatic hydroxyl groups is 1. The maximum Gasteiger partial charge on any atom is 0.312 e. The van der Waals surface area contributed by atoms with Gasteiger partial charge in [0.2, 0.25) is 0 Å². The summed E-state index contributed by atoms with van der Waals surface area (Å²) in [7, 11) is 0. The molecule has 0 aromatic carbocycles. The predicted octanol–water partition coefficient (Wildman–Crippen LogP) is 1.84. The summed E-state index contributed by atoms with van der Waals surface area (Å²) < 4.78 is 0. The highest BCUT2D eigenvalue weighted by Crippen LogP contribution is 2.38. The number of carboxylic acids is 1. The van der Waals surface area contributed by atoms with Crippen molar-refractivity contribution in [2.24, 2.45) is 5.41 Å². The molecular weight excluding hydrogens is 282 g/mol. The molecule has 1 aromatic rings. The van der Waals surface area contributed by atoms with Gasteiger partial charge in [-0.3, -0.25) is 4.79 Å². The fourth-order valence-electron chi connectivity index (χ4n) is 3.32. The van der Waals surface area contributed by atoms with Crippen LogP contribution in [0.3, 0.4) is 0 Å². The number of carboxylic acid groups (broad SMARTS) is 1. The van der Waals surface area contributed by atoms with Gasteiger partial charge in [0, 0.05) is 24.3 Å². The molecule has 0 unspecified atom stereocenters. The molecule has 6 heteroatoms. The van der Waals surface area contributed by atoms with Crippen LogP contribution in [0, 0.1) is 26.2 Å². The van der Waals surface area contributed by atoms with E-state index in [4.69, 9.17) is 0 Å². The van der Waals surface area contributed by atoms with Gasteiger partial charge in [-0.2, -0.15) is 0 Å². The third kappa shape index (κ3) is 2.79. The Hall–Kier alpha value is -1.69. The maximum atomic E-state index is 11.7. The minimum Gasteiger partial charge on any atom is -0.481 e. The molecule has 0 bridgehead atoms. The number of β-amino-alcohol motifs (C(OH)–C–C–N with tert-alkyl or cyclic N) is 1. The van der Waals surface area contributed by atoms with Gasteiger partial charge in [0.05, 0.1) is 11.5 Å². The molecule has 0 saturated carbocycles. The van der Waals surface area contributed by atoms with Gasteiger partial charge in [0.1, 0.15) is 11.6 Å². The van der Waals surface area contributed by atoms with E-state index in [1.165, 1.54) is 0 Å². The van der Waals surface area contributed by atoms with E-state index in [1.807, 2.05) is 32.6 Å². The van der Waals surface area contributed by atoms with Crippen molar-refractivity contribution in [1.29, 1.82) is 0 Å². The largest absolute Gasteiger partial charge is 0.481 e. The third-order valence-corrected chi connectivity index (χ3v) is 4.76. The van der Waals surface area contributed by atoms with Crippen molar-refractivity contribution in [2.45, 2.75) is 53.1 Å². The van der Waals surface area contributed by atoms with Crippen LogP contribution in [0.2, 0.25) is 0 Å². The first-order valence-electron chi connectivity index (χ1n) is 7.80. The quantitative estimate of drug-likeness (QED) is 0.882. The average molecular weight is 307 g/mol. The van der Waals surface area contributed by atoms with Crippen LogP contribution in [0.15, 0.2) is 0 Å². The molecule has 6 nitrogen and oxygen atoms in total. The lowest BCUT2D eigenvalue weighted by molar-refractivity contribution is -0.159. The topological polar surface area (TPSA) is 86.5 Å². The van der Waals surface area contributed by atoms with Crippen molar-refractivity contribution >= 4 is 11.8 Å². The van der Waals surface area contributed by atoms with E-state index in [0.717, 1.165) is 23.5 Å². The summed E-state index contributed by atoms with van der Waals surface area (Å²) in [4.78, 5) is 22.5. The van der Waals surface area contributed by atoms with Crippen LogP contribution < -0.4 is 4.90 Å². The lowest BCUT2D eigenvalue weighted by atomic mass is 9.73. The smallest absolute Gasteiger partial charge is 0.312 e. The summed E-state index contributed by atoms with van der Waals surface area (Å²) >= 11 is 0. The van der Waals surface area contributed by atoms with E-state index < -0.39 is 17.5 Å². The molecule has 22 heavy (non-hydrogen) atoms. The predicted molar refractivity (Wildman–Crippen MR) is 84.1 cm³/mol. The van der Waals surface area contributed by atoms with Gasteiger partial charge in [0.25, 0.3) is 0 Å². The highest BCUT2D eigenvalue weighted by molar-refractivity contribution is 5.76. The Morgan fingerprint density at radius 1 is 1.36 bits per heavy atom. The van der Waals surface area contributed by atoms with E-state index >= 15 is 0 Å². The number of rotatable bonds is 4. The summed E-state index contributed by atoms with van der Waals surface area (Å²) in [5, 5.41) is 20.1. The van der Waals surface area contributed by atoms with E-state index in [2.05, 4.69) is 9.97 Å². The van der Waals surface area contributed by atoms with Gasteiger partial charge in [-0.25, -0.2) is 9.97 Å². The molecule has 2 atom stereocenters. The van der Waals surface area contributed by atoms with Crippen LogP contribution in [0.1, 0.15) is 43.3 Å². The van der Waals surface area contributed by atoms with Crippen molar-refractivity contribution in [1.82, 2.24) is 9.97 Å². The molecule has 0 radical (unpaired) electrons. The molecule has 1 fully saturated rings.